The van der Waals surface area contributed by atoms with Crippen molar-refractivity contribution < 1.29 is 23.4 Å². The molecule has 0 aliphatic rings. The molecule has 0 bridgehead atoms. The van der Waals surface area contributed by atoms with E-state index in [1.807, 2.05) is 6.07 Å². The smallest absolute Gasteiger partial charge is 0.311 e. The number of nitrogens with one attached hydrogen (secondary N) is 1. The summed E-state index contributed by atoms with van der Waals surface area (Å²) >= 11 is 7.38. The Balaban J connectivity index is 1.59. The van der Waals surface area contributed by atoms with Crippen LogP contribution < -0.4 is 14.9 Å². The Labute approximate surface area is 193 Å². The molecule has 0 spiro atoms. The van der Waals surface area contributed by atoms with Crippen LogP contribution in [0.25, 0.3) is 0 Å². The Morgan fingerprint density at radius 1 is 1.28 bits per heavy atom. The van der Waals surface area contributed by atoms with Gasteiger partial charge in [0.15, 0.2) is 11.5 Å². The van der Waals surface area contributed by atoms with Gasteiger partial charge in [-0.1, -0.05) is 17.7 Å². The zero-order valence-corrected chi connectivity index (χ0v) is 19.0. The van der Waals surface area contributed by atoms with Crippen LogP contribution in [0.2, 0.25) is 5.02 Å². The van der Waals surface area contributed by atoms with E-state index in [0.29, 0.717) is 39.5 Å². The Hall–Kier alpha value is -3.17. The summed E-state index contributed by atoms with van der Waals surface area (Å²) in [5.74, 6) is 0.310. The van der Waals surface area contributed by atoms with E-state index >= 15 is 0 Å². The monoisotopic (exact) mass is 477 g/mol. The van der Waals surface area contributed by atoms with Gasteiger partial charge in [0.2, 0.25) is 5.13 Å². The average Bonchev–Trinajstić information content (AvgIpc) is 3.20. The average molecular weight is 478 g/mol. The molecule has 0 unspecified atom stereocenters. The molecule has 0 saturated carbocycles. The molecule has 1 N–H and O–H groups in total. The number of anilines is 1. The SMILES string of the molecule is CCOC(=O)Cc1csc(NN=Cc2ccc(OCc3ccc(F)cc3Cl)c(OC)c2)n1. The Kier molecular flexibility index (Phi) is 8.41. The van der Waals surface area contributed by atoms with E-state index < -0.39 is 5.82 Å². The van der Waals surface area contributed by atoms with E-state index in [1.54, 1.807) is 36.7 Å². The highest BCUT2D eigenvalue weighted by Crippen LogP contribution is 2.29. The number of thiazole rings is 1. The summed E-state index contributed by atoms with van der Waals surface area (Å²) in [6, 6.07) is 9.47. The number of carbonyl (C=O) groups excluding carboxylic acids is 1. The fourth-order valence-corrected chi connectivity index (χ4v) is 3.52. The molecule has 7 nitrogen and oxygen atoms in total. The van der Waals surface area contributed by atoms with Crippen molar-refractivity contribution in [3.8, 4) is 11.5 Å². The minimum absolute atomic E-state index is 0.123. The van der Waals surface area contributed by atoms with E-state index in [0.717, 1.165) is 5.56 Å². The summed E-state index contributed by atoms with van der Waals surface area (Å²) in [7, 11) is 1.53. The first-order valence-electron chi connectivity index (χ1n) is 9.62. The normalized spacial score (nSPS) is 10.9. The maximum absolute atomic E-state index is 13.2. The van der Waals surface area contributed by atoms with Crippen molar-refractivity contribution in [3.05, 3.63) is 69.4 Å². The summed E-state index contributed by atoms with van der Waals surface area (Å²) in [5.41, 5.74) is 4.89. The number of hydrogen-bond donors (Lipinski definition) is 1. The first kappa shape index (κ1) is 23.5. The summed E-state index contributed by atoms with van der Waals surface area (Å²) in [5, 5.41) is 6.80. The Bertz CT molecular complexity index is 1110. The molecule has 1 heterocycles. The zero-order chi connectivity index (χ0) is 22.9. The van der Waals surface area contributed by atoms with Gasteiger partial charge in [0.05, 0.1) is 37.1 Å². The van der Waals surface area contributed by atoms with Crippen molar-refractivity contribution in [3.63, 3.8) is 0 Å². The van der Waals surface area contributed by atoms with Gasteiger partial charge in [0.1, 0.15) is 12.4 Å². The van der Waals surface area contributed by atoms with Crippen LogP contribution in [0.1, 0.15) is 23.7 Å². The molecule has 0 aliphatic heterocycles. The molecule has 0 fully saturated rings. The topological polar surface area (TPSA) is 82.0 Å². The lowest BCUT2D eigenvalue weighted by Gasteiger charge is -2.12. The van der Waals surface area contributed by atoms with Crippen LogP contribution in [0.4, 0.5) is 9.52 Å². The second-order valence-corrected chi connectivity index (χ2v) is 7.70. The second-order valence-electron chi connectivity index (χ2n) is 6.43. The first-order valence-corrected chi connectivity index (χ1v) is 10.9. The minimum Gasteiger partial charge on any atom is -0.493 e. The molecule has 2 aromatic carbocycles. The largest absolute Gasteiger partial charge is 0.493 e. The number of nitrogens with zero attached hydrogens (tertiary/aromatic N) is 2. The second kappa shape index (κ2) is 11.4. The number of esters is 1. The summed E-state index contributed by atoms with van der Waals surface area (Å²) < 4.78 is 29.3. The van der Waals surface area contributed by atoms with Crippen LogP contribution in [0.5, 0.6) is 11.5 Å². The van der Waals surface area contributed by atoms with E-state index in [9.17, 15) is 9.18 Å². The quantitative estimate of drug-likeness (QED) is 0.249. The van der Waals surface area contributed by atoms with Crippen molar-refractivity contribution in [2.75, 3.05) is 19.1 Å². The fourth-order valence-electron chi connectivity index (χ4n) is 2.64. The number of rotatable bonds is 10. The molecule has 168 valence electrons. The highest BCUT2D eigenvalue weighted by atomic mass is 35.5. The third-order valence-electron chi connectivity index (χ3n) is 4.14. The number of ether oxygens (including phenoxy) is 3. The predicted octanol–water partition coefficient (Wildman–Crippen LogP) is 5.07. The van der Waals surface area contributed by atoms with E-state index in [4.69, 9.17) is 25.8 Å². The van der Waals surface area contributed by atoms with Gasteiger partial charge in [-0.05, 0) is 42.8 Å². The van der Waals surface area contributed by atoms with Crippen molar-refractivity contribution in [1.29, 1.82) is 0 Å². The van der Waals surface area contributed by atoms with Crippen molar-refractivity contribution >= 4 is 40.3 Å². The van der Waals surface area contributed by atoms with E-state index in [-0.39, 0.29) is 19.0 Å². The van der Waals surface area contributed by atoms with Crippen LogP contribution in [-0.4, -0.2) is 30.9 Å². The number of aromatic nitrogens is 1. The van der Waals surface area contributed by atoms with Crippen molar-refractivity contribution in [2.24, 2.45) is 5.10 Å². The van der Waals surface area contributed by atoms with Gasteiger partial charge < -0.3 is 14.2 Å². The number of halogens is 2. The van der Waals surface area contributed by atoms with Crippen LogP contribution in [0, 0.1) is 5.82 Å². The van der Waals surface area contributed by atoms with Gasteiger partial charge in [-0.2, -0.15) is 5.10 Å². The van der Waals surface area contributed by atoms with Gasteiger partial charge >= 0.3 is 5.97 Å². The van der Waals surface area contributed by atoms with Gasteiger partial charge in [-0.15, -0.1) is 11.3 Å². The summed E-state index contributed by atoms with van der Waals surface area (Å²) in [6.07, 6.45) is 1.73. The van der Waals surface area contributed by atoms with Crippen LogP contribution in [0.3, 0.4) is 0 Å². The number of benzene rings is 2. The number of hydrogen-bond acceptors (Lipinski definition) is 8. The van der Waals surface area contributed by atoms with Gasteiger partial charge in [-0.3, -0.25) is 10.2 Å². The lowest BCUT2D eigenvalue weighted by atomic mass is 10.2. The maximum atomic E-state index is 13.2. The van der Waals surface area contributed by atoms with E-state index in [1.165, 1.54) is 30.6 Å². The molecule has 10 heteroatoms. The predicted molar refractivity (Wildman–Crippen MR) is 122 cm³/mol. The molecule has 1 aromatic heterocycles. The number of methoxy groups -OCH3 is 1. The third-order valence-corrected chi connectivity index (χ3v) is 5.29. The summed E-state index contributed by atoms with van der Waals surface area (Å²) in [6.45, 7) is 2.27. The lowest BCUT2D eigenvalue weighted by Crippen LogP contribution is -2.07. The molecule has 0 saturated heterocycles. The van der Waals surface area contributed by atoms with E-state index in [2.05, 4.69) is 15.5 Å². The molecule has 3 aromatic rings. The molecular weight excluding hydrogens is 457 g/mol. The third kappa shape index (κ3) is 6.66. The Morgan fingerprint density at radius 2 is 2.12 bits per heavy atom. The van der Waals surface area contributed by atoms with Gasteiger partial charge in [0, 0.05) is 10.9 Å². The molecule has 0 amide bonds. The minimum atomic E-state index is -0.401. The van der Waals surface area contributed by atoms with Gasteiger partial charge in [0.25, 0.3) is 0 Å². The number of hydrazone groups is 1. The standard InChI is InChI=1S/C22H21ClFN3O4S/c1-3-30-21(28)10-17-13-32-22(26-17)27-25-11-14-4-7-19(20(8-14)29-2)31-12-15-5-6-16(24)9-18(15)23/h4-9,11,13H,3,10,12H2,1-2H3,(H,26,27). The molecule has 0 radical (unpaired) electrons. The molecular formula is C22H21ClFN3O4S. The van der Waals surface area contributed by atoms with Crippen LogP contribution in [0.15, 0.2) is 46.9 Å². The van der Waals surface area contributed by atoms with Crippen LogP contribution >= 0.6 is 22.9 Å². The summed E-state index contributed by atoms with van der Waals surface area (Å²) in [4.78, 5) is 15.8. The van der Waals surface area contributed by atoms with Crippen molar-refractivity contribution in [2.45, 2.75) is 20.0 Å². The molecule has 0 atom stereocenters. The molecule has 0 aliphatic carbocycles. The fraction of sp³-hybridized carbons (Fsp3) is 0.227. The lowest BCUT2D eigenvalue weighted by molar-refractivity contribution is -0.142. The number of carbonyl (C=O) groups is 1. The highest BCUT2D eigenvalue weighted by Gasteiger charge is 2.09. The zero-order valence-electron chi connectivity index (χ0n) is 17.4. The molecule has 3 rings (SSSR count). The van der Waals surface area contributed by atoms with Gasteiger partial charge in [-0.25, -0.2) is 9.37 Å². The van der Waals surface area contributed by atoms with Crippen LogP contribution in [-0.2, 0) is 22.6 Å². The maximum Gasteiger partial charge on any atom is 0.311 e. The molecule has 32 heavy (non-hydrogen) atoms. The first-order chi connectivity index (χ1) is 15.5. The highest BCUT2D eigenvalue weighted by molar-refractivity contribution is 7.13. The van der Waals surface area contributed by atoms with Crippen molar-refractivity contribution in [1.82, 2.24) is 4.98 Å². The Morgan fingerprint density at radius 3 is 2.88 bits per heavy atom.